The summed E-state index contributed by atoms with van der Waals surface area (Å²) in [5.41, 5.74) is 0.919. The number of hydrogen-bond donors (Lipinski definition) is 1. The Bertz CT molecular complexity index is 698. The minimum absolute atomic E-state index is 0.0381. The number of unbranched alkanes of at least 4 members (excludes halogenated alkanes) is 1. The summed E-state index contributed by atoms with van der Waals surface area (Å²) in [7, 11) is -3.39. The molecule has 0 radical (unpaired) electrons. The van der Waals surface area contributed by atoms with E-state index in [4.69, 9.17) is 0 Å². The summed E-state index contributed by atoms with van der Waals surface area (Å²) in [5, 5.41) is 0. The monoisotopic (exact) mass is 378 g/mol. The summed E-state index contributed by atoms with van der Waals surface area (Å²) in [6.45, 7) is 0.585. The Balaban J connectivity index is 2.78. The molecule has 0 aliphatic heterocycles. The molecular weight excluding hydrogens is 357 g/mol. The predicted molar refractivity (Wildman–Crippen MR) is 91.5 cm³/mol. The molecule has 1 N–H and O–H groups in total. The number of carbonyl (C=O) groups is 1. The summed E-state index contributed by atoms with van der Waals surface area (Å²) in [6, 6.07) is 6.10. The van der Waals surface area contributed by atoms with Crippen LogP contribution in [0.15, 0.2) is 30.3 Å². The van der Waals surface area contributed by atoms with Crippen molar-refractivity contribution in [3.63, 3.8) is 0 Å². The highest BCUT2D eigenvalue weighted by Gasteiger charge is 2.32. The summed E-state index contributed by atoms with van der Waals surface area (Å²) in [4.78, 5) is 12.8. The van der Waals surface area contributed by atoms with E-state index in [2.05, 4.69) is 4.72 Å². The second-order valence-corrected chi connectivity index (χ2v) is 7.31. The Kier molecular flexibility index (Phi) is 7.47. The highest BCUT2D eigenvalue weighted by molar-refractivity contribution is 7.92. The van der Waals surface area contributed by atoms with Crippen LogP contribution in [0.1, 0.15) is 25.3 Å². The van der Waals surface area contributed by atoms with Crippen LogP contribution in [0.25, 0.3) is 6.08 Å². The predicted octanol–water partition coefficient (Wildman–Crippen LogP) is 3.26. The minimum atomic E-state index is -4.45. The van der Waals surface area contributed by atoms with Gasteiger partial charge < -0.3 is 4.90 Å². The lowest BCUT2D eigenvalue weighted by molar-refractivity contribution is -0.158. The fraction of sp³-hybridized carbons (Fsp3) is 0.438. The van der Waals surface area contributed by atoms with Gasteiger partial charge >= 0.3 is 6.18 Å². The molecule has 0 fully saturated rings. The molecule has 0 saturated heterocycles. The standard InChI is InChI=1S/C16H21F3N2O3S/c1-3-4-11-21(12-16(17,18)19)15(22)10-7-13-5-8-14(9-6-13)20-25(2,23)24/h5-10,20H,3-4,11-12H2,1-2H3/b10-7+. The molecule has 0 spiro atoms. The van der Waals surface area contributed by atoms with Crippen molar-refractivity contribution >= 4 is 27.7 Å². The molecule has 0 heterocycles. The molecule has 0 aromatic heterocycles. The van der Waals surface area contributed by atoms with Crippen molar-refractivity contribution < 1.29 is 26.4 Å². The van der Waals surface area contributed by atoms with E-state index in [1.54, 1.807) is 12.1 Å². The second kappa shape index (κ2) is 8.89. The molecule has 1 aromatic carbocycles. The number of halogens is 3. The quantitative estimate of drug-likeness (QED) is 0.706. The topological polar surface area (TPSA) is 66.5 Å². The van der Waals surface area contributed by atoms with Gasteiger partial charge in [-0.25, -0.2) is 8.42 Å². The van der Waals surface area contributed by atoms with E-state index < -0.39 is 28.7 Å². The summed E-state index contributed by atoms with van der Waals surface area (Å²) in [5.74, 6) is -0.718. The van der Waals surface area contributed by atoms with E-state index in [0.717, 1.165) is 17.2 Å². The molecule has 0 aliphatic carbocycles. The Morgan fingerprint density at radius 2 is 1.84 bits per heavy atom. The van der Waals surface area contributed by atoms with Crippen LogP contribution in [-0.2, 0) is 14.8 Å². The number of nitrogens with one attached hydrogen (secondary N) is 1. The number of amides is 1. The highest BCUT2D eigenvalue weighted by Crippen LogP contribution is 2.18. The maximum Gasteiger partial charge on any atom is 0.406 e. The van der Waals surface area contributed by atoms with E-state index in [1.165, 1.54) is 18.2 Å². The van der Waals surface area contributed by atoms with E-state index in [0.29, 0.717) is 24.1 Å². The first-order chi connectivity index (χ1) is 11.5. The van der Waals surface area contributed by atoms with Gasteiger partial charge in [-0.15, -0.1) is 0 Å². The number of carbonyl (C=O) groups excluding carboxylic acids is 1. The van der Waals surface area contributed by atoms with Crippen LogP contribution >= 0.6 is 0 Å². The normalized spacial score (nSPS) is 12.4. The van der Waals surface area contributed by atoms with E-state index in [9.17, 15) is 26.4 Å². The molecule has 1 amide bonds. The third-order valence-electron chi connectivity index (χ3n) is 3.10. The van der Waals surface area contributed by atoms with E-state index in [-0.39, 0.29) is 6.54 Å². The lowest BCUT2D eigenvalue weighted by Gasteiger charge is -2.22. The van der Waals surface area contributed by atoms with E-state index >= 15 is 0 Å². The Morgan fingerprint density at radius 1 is 1.24 bits per heavy atom. The molecular formula is C16H21F3N2O3S. The number of sulfonamides is 1. The Morgan fingerprint density at radius 3 is 2.32 bits per heavy atom. The van der Waals surface area contributed by atoms with Crippen molar-refractivity contribution in [1.29, 1.82) is 0 Å². The third kappa shape index (κ3) is 9.13. The molecule has 0 bridgehead atoms. The number of nitrogens with zero attached hydrogens (tertiary/aromatic N) is 1. The van der Waals surface area contributed by atoms with Gasteiger partial charge in [0.25, 0.3) is 0 Å². The van der Waals surface area contributed by atoms with Crippen LogP contribution in [0.4, 0.5) is 18.9 Å². The Labute approximate surface area is 145 Å². The first-order valence-corrected chi connectivity index (χ1v) is 9.51. The first-order valence-electron chi connectivity index (χ1n) is 7.62. The molecule has 1 rings (SSSR count). The summed E-state index contributed by atoms with van der Waals surface area (Å²) in [6.07, 6.45) is 0.213. The first kappa shape index (κ1) is 21.0. The van der Waals surface area contributed by atoms with Gasteiger partial charge in [-0.05, 0) is 30.2 Å². The molecule has 140 valence electrons. The van der Waals surface area contributed by atoms with Gasteiger partial charge in [0, 0.05) is 18.3 Å². The van der Waals surface area contributed by atoms with Crippen molar-refractivity contribution in [2.75, 3.05) is 24.1 Å². The van der Waals surface area contributed by atoms with Crippen molar-refractivity contribution in [2.24, 2.45) is 0 Å². The van der Waals surface area contributed by atoms with Gasteiger partial charge in [-0.1, -0.05) is 25.5 Å². The van der Waals surface area contributed by atoms with Gasteiger partial charge in [0.15, 0.2) is 0 Å². The number of benzene rings is 1. The van der Waals surface area contributed by atoms with Gasteiger partial charge in [0.1, 0.15) is 6.54 Å². The average molecular weight is 378 g/mol. The maximum atomic E-state index is 12.6. The van der Waals surface area contributed by atoms with Crippen molar-refractivity contribution in [3.05, 3.63) is 35.9 Å². The van der Waals surface area contributed by atoms with Crippen molar-refractivity contribution in [3.8, 4) is 0 Å². The van der Waals surface area contributed by atoms with Gasteiger partial charge in [-0.2, -0.15) is 13.2 Å². The molecule has 9 heteroatoms. The lowest BCUT2D eigenvalue weighted by atomic mass is 10.2. The zero-order valence-corrected chi connectivity index (χ0v) is 14.8. The molecule has 1 aromatic rings. The van der Waals surface area contributed by atoms with Gasteiger partial charge in [0.2, 0.25) is 15.9 Å². The second-order valence-electron chi connectivity index (χ2n) is 5.56. The summed E-state index contributed by atoms with van der Waals surface area (Å²) >= 11 is 0. The SMILES string of the molecule is CCCCN(CC(F)(F)F)C(=O)/C=C/c1ccc(NS(C)(=O)=O)cc1. The smallest absolute Gasteiger partial charge is 0.330 e. The van der Waals surface area contributed by atoms with Crippen molar-refractivity contribution in [1.82, 2.24) is 4.90 Å². The number of hydrogen-bond acceptors (Lipinski definition) is 3. The van der Waals surface area contributed by atoms with Gasteiger partial charge in [0.05, 0.1) is 6.26 Å². The average Bonchev–Trinajstić information content (AvgIpc) is 2.47. The third-order valence-corrected chi connectivity index (χ3v) is 3.70. The van der Waals surface area contributed by atoms with Gasteiger partial charge in [-0.3, -0.25) is 9.52 Å². The van der Waals surface area contributed by atoms with Crippen LogP contribution < -0.4 is 4.72 Å². The van der Waals surface area contributed by atoms with Crippen LogP contribution in [0.5, 0.6) is 0 Å². The van der Waals surface area contributed by atoms with Crippen LogP contribution in [0.3, 0.4) is 0 Å². The molecule has 0 unspecified atom stereocenters. The summed E-state index contributed by atoms with van der Waals surface area (Å²) < 4.78 is 62.2. The molecule has 0 atom stereocenters. The molecule has 0 aliphatic rings. The van der Waals surface area contributed by atoms with Crippen LogP contribution in [0, 0.1) is 0 Å². The zero-order chi connectivity index (χ0) is 19.1. The minimum Gasteiger partial charge on any atom is -0.330 e. The molecule has 25 heavy (non-hydrogen) atoms. The number of alkyl halides is 3. The largest absolute Gasteiger partial charge is 0.406 e. The van der Waals surface area contributed by atoms with E-state index in [1.807, 2.05) is 6.92 Å². The fourth-order valence-corrected chi connectivity index (χ4v) is 2.55. The Hall–Kier alpha value is -2.03. The van der Waals surface area contributed by atoms with Crippen molar-refractivity contribution in [2.45, 2.75) is 25.9 Å². The van der Waals surface area contributed by atoms with Crippen LogP contribution in [0.2, 0.25) is 0 Å². The molecule has 0 saturated carbocycles. The maximum absolute atomic E-state index is 12.6. The molecule has 5 nitrogen and oxygen atoms in total. The number of rotatable bonds is 8. The fourth-order valence-electron chi connectivity index (χ4n) is 1.98. The highest BCUT2D eigenvalue weighted by atomic mass is 32.2. The number of anilines is 1. The lowest BCUT2D eigenvalue weighted by Crippen LogP contribution is -2.38. The van der Waals surface area contributed by atoms with Crippen LogP contribution in [-0.4, -0.2) is 44.7 Å². The zero-order valence-electron chi connectivity index (χ0n) is 14.0.